The highest BCUT2D eigenvalue weighted by atomic mass is 16.4. The third-order valence-corrected chi connectivity index (χ3v) is 3.52. The van der Waals surface area contributed by atoms with Crippen LogP contribution in [0.15, 0.2) is 0 Å². The Balaban J connectivity index is 2.26. The van der Waals surface area contributed by atoms with Crippen molar-refractivity contribution < 1.29 is 19.5 Å². The van der Waals surface area contributed by atoms with E-state index in [2.05, 4.69) is 5.32 Å². The fourth-order valence-corrected chi connectivity index (χ4v) is 2.61. The lowest BCUT2D eigenvalue weighted by molar-refractivity contribution is -0.144. The lowest BCUT2D eigenvalue weighted by Gasteiger charge is -2.25. The number of rotatable bonds is 2. The van der Waals surface area contributed by atoms with Gasteiger partial charge < -0.3 is 10.4 Å². The fourth-order valence-electron chi connectivity index (χ4n) is 2.61. The van der Waals surface area contributed by atoms with E-state index in [9.17, 15) is 14.4 Å². The van der Waals surface area contributed by atoms with E-state index in [0.717, 1.165) is 11.3 Å². The SMILES string of the molecule is CC1(C)NC(=O)N(C2CCCC2C(=O)O)C1=O. The summed E-state index contributed by atoms with van der Waals surface area (Å²) in [6.07, 6.45) is 1.84. The van der Waals surface area contributed by atoms with E-state index in [1.807, 2.05) is 0 Å². The maximum absolute atomic E-state index is 12.0. The average Bonchev–Trinajstić information content (AvgIpc) is 2.71. The lowest BCUT2D eigenvalue weighted by Crippen LogP contribution is -2.46. The van der Waals surface area contributed by atoms with Crippen molar-refractivity contribution in [3.63, 3.8) is 0 Å². The Morgan fingerprint density at radius 2 is 2.06 bits per heavy atom. The zero-order valence-corrected chi connectivity index (χ0v) is 9.90. The summed E-state index contributed by atoms with van der Waals surface area (Å²) in [4.78, 5) is 36.0. The number of urea groups is 1. The summed E-state index contributed by atoms with van der Waals surface area (Å²) >= 11 is 0. The summed E-state index contributed by atoms with van der Waals surface area (Å²) in [7, 11) is 0. The number of hydrogen-bond acceptors (Lipinski definition) is 3. The van der Waals surface area contributed by atoms with E-state index in [0.29, 0.717) is 12.8 Å². The minimum atomic E-state index is -0.933. The van der Waals surface area contributed by atoms with E-state index < -0.39 is 29.5 Å². The Morgan fingerprint density at radius 1 is 1.41 bits per heavy atom. The first-order chi connectivity index (χ1) is 7.84. The molecule has 94 valence electrons. The minimum absolute atomic E-state index is 0.333. The van der Waals surface area contributed by atoms with Gasteiger partial charge in [0.05, 0.1) is 12.0 Å². The Labute approximate surface area is 99.0 Å². The van der Waals surface area contributed by atoms with Crippen LogP contribution in [0.25, 0.3) is 0 Å². The van der Waals surface area contributed by atoms with E-state index in [1.165, 1.54) is 0 Å². The predicted molar refractivity (Wildman–Crippen MR) is 58.2 cm³/mol. The Bertz CT molecular complexity index is 391. The van der Waals surface area contributed by atoms with Crippen LogP contribution >= 0.6 is 0 Å². The van der Waals surface area contributed by atoms with Crippen molar-refractivity contribution in [1.82, 2.24) is 10.2 Å². The van der Waals surface area contributed by atoms with Crippen molar-refractivity contribution in [2.75, 3.05) is 0 Å². The van der Waals surface area contributed by atoms with Gasteiger partial charge in [0.2, 0.25) is 0 Å². The third kappa shape index (κ3) is 1.77. The molecule has 2 fully saturated rings. The van der Waals surface area contributed by atoms with Crippen molar-refractivity contribution in [2.45, 2.75) is 44.7 Å². The number of hydrogen-bond donors (Lipinski definition) is 2. The molecule has 0 spiro atoms. The van der Waals surface area contributed by atoms with Gasteiger partial charge in [0.1, 0.15) is 5.54 Å². The molecule has 3 amide bonds. The van der Waals surface area contributed by atoms with E-state index in [-0.39, 0.29) is 5.91 Å². The number of imide groups is 1. The highest BCUT2D eigenvalue weighted by molar-refractivity contribution is 6.07. The molecule has 2 rings (SSSR count). The molecule has 0 aromatic rings. The van der Waals surface area contributed by atoms with Crippen molar-refractivity contribution in [2.24, 2.45) is 5.92 Å². The Morgan fingerprint density at radius 3 is 2.53 bits per heavy atom. The summed E-state index contributed by atoms with van der Waals surface area (Å²) < 4.78 is 0. The van der Waals surface area contributed by atoms with Gasteiger partial charge in [0.15, 0.2) is 0 Å². The first-order valence-electron chi connectivity index (χ1n) is 5.73. The van der Waals surface area contributed by atoms with Crippen molar-refractivity contribution >= 4 is 17.9 Å². The van der Waals surface area contributed by atoms with E-state index >= 15 is 0 Å². The first kappa shape index (κ1) is 11.9. The molecule has 2 aliphatic rings. The second-order valence-electron chi connectivity index (χ2n) is 5.17. The second kappa shape index (κ2) is 3.72. The van der Waals surface area contributed by atoms with Gasteiger partial charge in [0, 0.05) is 0 Å². The van der Waals surface area contributed by atoms with Crippen molar-refractivity contribution in [3.05, 3.63) is 0 Å². The van der Waals surface area contributed by atoms with Crippen LogP contribution in [0.4, 0.5) is 4.79 Å². The number of carboxylic acid groups (broad SMARTS) is 1. The molecule has 6 heteroatoms. The molecule has 2 unspecified atom stereocenters. The molecule has 1 aliphatic carbocycles. The Kier molecular flexibility index (Phi) is 2.60. The van der Waals surface area contributed by atoms with Crippen LogP contribution in [0.5, 0.6) is 0 Å². The average molecular weight is 240 g/mol. The molecule has 6 nitrogen and oxygen atoms in total. The lowest BCUT2D eigenvalue weighted by atomic mass is 10.0. The number of aliphatic carboxylic acids is 1. The van der Waals surface area contributed by atoms with Gasteiger partial charge in [-0.2, -0.15) is 0 Å². The molecule has 2 N–H and O–H groups in total. The summed E-state index contributed by atoms with van der Waals surface area (Å²) in [5.74, 6) is -1.89. The van der Waals surface area contributed by atoms with Crippen LogP contribution < -0.4 is 5.32 Å². The van der Waals surface area contributed by atoms with Crippen LogP contribution in [0.3, 0.4) is 0 Å². The molecular formula is C11H16N2O4. The van der Waals surface area contributed by atoms with E-state index in [4.69, 9.17) is 5.11 Å². The fraction of sp³-hybridized carbons (Fsp3) is 0.727. The van der Waals surface area contributed by atoms with Crippen molar-refractivity contribution in [3.8, 4) is 0 Å². The van der Waals surface area contributed by atoms with E-state index in [1.54, 1.807) is 13.8 Å². The standard InChI is InChI=1S/C11H16N2O4/c1-11(2)9(16)13(10(17)12-11)7-5-3-4-6(7)8(14)15/h6-7H,3-5H2,1-2H3,(H,12,17)(H,14,15). The first-order valence-corrected chi connectivity index (χ1v) is 5.73. The van der Waals surface area contributed by atoms with Crippen LogP contribution in [0, 0.1) is 5.92 Å². The predicted octanol–water partition coefficient (Wildman–Crippen LogP) is 0.570. The number of nitrogens with zero attached hydrogens (tertiary/aromatic N) is 1. The number of carbonyl (C=O) groups is 3. The van der Waals surface area contributed by atoms with Gasteiger partial charge in [-0.3, -0.25) is 14.5 Å². The van der Waals surface area contributed by atoms with Gasteiger partial charge in [-0.15, -0.1) is 0 Å². The molecule has 0 aromatic carbocycles. The van der Waals surface area contributed by atoms with Crippen LogP contribution in [-0.4, -0.2) is 39.5 Å². The molecule has 1 heterocycles. The van der Waals surface area contributed by atoms with Gasteiger partial charge in [0.25, 0.3) is 5.91 Å². The number of amides is 3. The maximum Gasteiger partial charge on any atom is 0.325 e. The number of carbonyl (C=O) groups excluding carboxylic acids is 2. The van der Waals surface area contributed by atoms with Gasteiger partial charge in [-0.25, -0.2) is 4.79 Å². The number of carboxylic acids is 1. The topological polar surface area (TPSA) is 86.7 Å². The zero-order chi connectivity index (χ0) is 12.8. The van der Waals surface area contributed by atoms with Crippen LogP contribution in [0.1, 0.15) is 33.1 Å². The van der Waals surface area contributed by atoms with Crippen molar-refractivity contribution in [1.29, 1.82) is 0 Å². The summed E-state index contributed by atoms with van der Waals surface area (Å²) in [6.45, 7) is 3.25. The normalized spacial score (nSPS) is 31.8. The van der Waals surface area contributed by atoms with Gasteiger partial charge in [-0.1, -0.05) is 6.42 Å². The molecule has 1 aliphatic heterocycles. The highest BCUT2D eigenvalue weighted by Crippen LogP contribution is 2.33. The summed E-state index contributed by atoms with van der Waals surface area (Å²) in [5, 5.41) is 11.7. The zero-order valence-electron chi connectivity index (χ0n) is 9.90. The van der Waals surface area contributed by atoms with Crippen LogP contribution in [0.2, 0.25) is 0 Å². The molecule has 0 radical (unpaired) electrons. The molecule has 0 aromatic heterocycles. The summed E-state index contributed by atoms with van der Waals surface area (Å²) in [5.41, 5.74) is -0.928. The quantitative estimate of drug-likeness (QED) is 0.691. The molecule has 1 saturated carbocycles. The number of nitrogens with one attached hydrogen (secondary N) is 1. The van der Waals surface area contributed by atoms with Gasteiger partial charge in [-0.05, 0) is 26.7 Å². The second-order valence-corrected chi connectivity index (χ2v) is 5.17. The summed E-state index contributed by atoms with van der Waals surface area (Å²) in [6, 6.07) is -0.972. The maximum atomic E-state index is 12.0. The Hall–Kier alpha value is -1.59. The van der Waals surface area contributed by atoms with Crippen LogP contribution in [-0.2, 0) is 9.59 Å². The minimum Gasteiger partial charge on any atom is -0.481 e. The monoisotopic (exact) mass is 240 g/mol. The third-order valence-electron chi connectivity index (χ3n) is 3.52. The smallest absolute Gasteiger partial charge is 0.325 e. The largest absolute Gasteiger partial charge is 0.481 e. The molecule has 17 heavy (non-hydrogen) atoms. The molecular weight excluding hydrogens is 224 g/mol. The molecule has 1 saturated heterocycles. The van der Waals surface area contributed by atoms with Gasteiger partial charge >= 0.3 is 12.0 Å². The molecule has 2 atom stereocenters. The highest BCUT2D eigenvalue weighted by Gasteiger charge is 2.51. The molecule has 0 bridgehead atoms.